The third-order valence-electron chi connectivity index (χ3n) is 3.64. The van der Waals surface area contributed by atoms with Crippen molar-refractivity contribution < 1.29 is 9.53 Å². The highest BCUT2D eigenvalue weighted by Crippen LogP contribution is 2.10. The van der Waals surface area contributed by atoms with Crippen molar-refractivity contribution in [3.8, 4) is 0 Å². The van der Waals surface area contributed by atoms with Crippen LogP contribution < -0.4 is 5.32 Å². The van der Waals surface area contributed by atoms with E-state index >= 15 is 0 Å². The van der Waals surface area contributed by atoms with Crippen LogP contribution in [0.1, 0.15) is 84.5 Å². The zero-order valence-electron chi connectivity index (χ0n) is 13.6. The number of hydrogen-bond acceptors (Lipinski definition) is 2. The Morgan fingerprint density at radius 2 is 1.45 bits per heavy atom. The van der Waals surface area contributed by atoms with Gasteiger partial charge in [0.05, 0.1) is 0 Å². The average molecular weight is 284 g/mol. The fourth-order valence-electron chi connectivity index (χ4n) is 2.23. The number of unbranched alkanes of at least 4 members (excludes halogenated alkanes) is 9. The minimum absolute atomic E-state index is 0.167. The van der Waals surface area contributed by atoms with Gasteiger partial charge in [-0.15, -0.1) is 0 Å². The monoisotopic (exact) mass is 284 g/mol. The molecule has 0 bridgehead atoms. The summed E-state index contributed by atoms with van der Waals surface area (Å²) in [5.41, 5.74) is 0. The molecule has 0 aliphatic rings. The first kappa shape index (κ1) is 19.4. The molecular formula is C17H34NO2. The predicted molar refractivity (Wildman–Crippen MR) is 85.6 cm³/mol. The lowest BCUT2D eigenvalue weighted by atomic mass is 10.1. The number of amides is 1. The molecule has 3 nitrogen and oxygen atoms in total. The summed E-state index contributed by atoms with van der Waals surface area (Å²) in [7, 11) is 0. The second-order valence-electron chi connectivity index (χ2n) is 5.73. The van der Waals surface area contributed by atoms with E-state index in [1.807, 2.05) is 6.92 Å². The van der Waals surface area contributed by atoms with Crippen LogP contribution in [0, 0.1) is 0 Å². The molecule has 0 aromatic heterocycles. The van der Waals surface area contributed by atoms with Crippen molar-refractivity contribution >= 4 is 6.41 Å². The van der Waals surface area contributed by atoms with Crippen molar-refractivity contribution in [1.29, 1.82) is 0 Å². The van der Waals surface area contributed by atoms with Gasteiger partial charge in [-0.3, -0.25) is 4.79 Å². The molecule has 0 fully saturated rings. The molecule has 0 rings (SSSR count). The number of hydrogen-bond donors (Lipinski definition) is 1. The van der Waals surface area contributed by atoms with Gasteiger partial charge in [-0.05, 0) is 19.8 Å². The summed E-state index contributed by atoms with van der Waals surface area (Å²) in [6.07, 6.45) is 16.1. The molecule has 1 atom stereocenters. The summed E-state index contributed by atoms with van der Waals surface area (Å²) >= 11 is 0. The molecule has 0 saturated carbocycles. The topological polar surface area (TPSA) is 38.3 Å². The minimum atomic E-state index is 0.167. The highest BCUT2D eigenvalue weighted by Gasteiger charge is 1.99. The molecule has 0 aromatic rings. The highest BCUT2D eigenvalue weighted by atomic mass is 16.5. The molecule has 0 heterocycles. The fraction of sp³-hybridized carbons (Fsp3) is 0.941. The van der Waals surface area contributed by atoms with E-state index in [1.165, 1.54) is 57.8 Å². The molecule has 1 radical (unpaired) electrons. The van der Waals surface area contributed by atoms with Gasteiger partial charge in [0.2, 0.25) is 0 Å². The highest BCUT2D eigenvalue weighted by molar-refractivity contribution is 5.47. The van der Waals surface area contributed by atoms with Crippen molar-refractivity contribution in [1.82, 2.24) is 5.32 Å². The largest absolute Gasteiger partial charge is 0.381 e. The molecule has 0 aliphatic heterocycles. The summed E-state index contributed by atoms with van der Waals surface area (Å²) < 4.78 is 5.55. The molecule has 0 spiro atoms. The van der Waals surface area contributed by atoms with Gasteiger partial charge in [-0.2, -0.15) is 0 Å². The summed E-state index contributed by atoms with van der Waals surface area (Å²) in [4.78, 5) is 10.1. The van der Waals surface area contributed by atoms with Crippen molar-refractivity contribution in [2.45, 2.75) is 90.5 Å². The molecular weight excluding hydrogens is 250 g/mol. The van der Waals surface area contributed by atoms with Crippen LogP contribution in [0.25, 0.3) is 0 Å². The zero-order valence-corrected chi connectivity index (χ0v) is 13.6. The Morgan fingerprint density at radius 3 is 2.00 bits per heavy atom. The average Bonchev–Trinajstić information content (AvgIpc) is 2.44. The van der Waals surface area contributed by atoms with Gasteiger partial charge < -0.3 is 10.1 Å². The predicted octanol–water partition coefficient (Wildman–Crippen LogP) is 4.36. The third-order valence-corrected chi connectivity index (χ3v) is 3.64. The number of carbonyl (C=O) groups excluding carboxylic acids is 1. The van der Waals surface area contributed by atoms with E-state index in [4.69, 9.17) is 4.74 Å². The van der Waals surface area contributed by atoms with E-state index in [0.29, 0.717) is 0 Å². The minimum Gasteiger partial charge on any atom is -0.381 e. The van der Waals surface area contributed by atoms with Crippen LogP contribution in [-0.4, -0.2) is 25.7 Å². The van der Waals surface area contributed by atoms with E-state index in [-0.39, 0.29) is 6.04 Å². The molecule has 1 unspecified atom stereocenters. The summed E-state index contributed by atoms with van der Waals surface area (Å²) in [5.74, 6) is 0. The smallest absolute Gasteiger partial charge is 0.309 e. The van der Waals surface area contributed by atoms with Crippen LogP contribution in [0.2, 0.25) is 0 Å². The second kappa shape index (κ2) is 16.5. The molecule has 1 N–H and O–H groups in total. The molecule has 3 heteroatoms. The fourth-order valence-corrected chi connectivity index (χ4v) is 2.23. The van der Waals surface area contributed by atoms with Gasteiger partial charge >= 0.3 is 6.41 Å². The normalized spacial score (nSPS) is 12.3. The van der Waals surface area contributed by atoms with Gasteiger partial charge in [0.25, 0.3) is 0 Å². The SMILES string of the molecule is CCCCCCCCCCCCOCCC(C)N[C]=O. The molecule has 0 saturated heterocycles. The quantitative estimate of drug-likeness (QED) is 0.338. The first-order valence-corrected chi connectivity index (χ1v) is 8.51. The standard InChI is InChI=1S/C17H34NO2/c1-3-4-5-6-7-8-9-10-11-12-14-20-15-13-17(2)18-16-19/h17H,3-15H2,1-2H3,(H,18,19). The summed E-state index contributed by atoms with van der Waals surface area (Å²) in [6.45, 7) is 5.82. The van der Waals surface area contributed by atoms with E-state index < -0.39 is 0 Å². The van der Waals surface area contributed by atoms with Gasteiger partial charge in [0.1, 0.15) is 0 Å². The molecule has 0 aromatic carbocycles. The van der Waals surface area contributed by atoms with Crippen LogP contribution in [-0.2, 0) is 9.53 Å². The molecule has 1 amide bonds. The lowest BCUT2D eigenvalue weighted by Crippen LogP contribution is -2.25. The van der Waals surface area contributed by atoms with Crippen LogP contribution in [0.3, 0.4) is 0 Å². The Kier molecular flexibility index (Phi) is 16.0. The molecule has 20 heavy (non-hydrogen) atoms. The van der Waals surface area contributed by atoms with Crippen LogP contribution in [0.4, 0.5) is 0 Å². The van der Waals surface area contributed by atoms with Crippen molar-refractivity contribution in [2.75, 3.05) is 13.2 Å². The summed E-state index contributed by atoms with van der Waals surface area (Å²) in [6, 6.07) is 0.167. The van der Waals surface area contributed by atoms with E-state index in [2.05, 4.69) is 12.2 Å². The zero-order chi connectivity index (χ0) is 14.9. The Bertz CT molecular complexity index is 197. The Labute approximate surface area is 125 Å². The first-order valence-electron chi connectivity index (χ1n) is 8.51. The van der Waals surface area contributed by atoms with Crippen molar-refractivity contribution in [3.63, 3.8) is 0 Å². The van der Waals surface area contributed by atoms with E-state index in [9.17, 15) is 4.79 Å². The second-order valence-corrected chi connectivity index (χ2v) is 5.73. The van der Waals surface area contributed by atoms with E-state index in [1.54, 1.807) is 6.41 Å². The Hall–Kier alpha value is -0.570. The van der Waals surface area contributed by atoms with Crippen molar-refractivity contribution in [3.05, 3.63) is 0 Å². The van der Waals surface area contributed by atoms with Gasteiger partial charge in [-0.25, -0.2) is 0 Å². The first-order chi connectivity index (χ1) is 9.81. The van der Waals surface area contributed by atoms with E-state index in [0.717, 1.165) is 26.1 Å². The Balaban J connectivity index is 3.01. The lowest BCUT2D eigenvalue weighted by Gasteiger charge is -2.09. The number of nitrogens with one attached hydrogen (secondary N) is 1. The van der Waals surface area contributed by atoms with Gasteiger partial charge in [0.15, 0.2) is 0 Å². The third kappa shape index (κ3) is 15.5. The number of rotatable bonds is 16. The maximum absolute atomic E-state index is 10.1. The summed E-state index contributed by atoms with van der Waals surface area (Å²) in [5, 5.41) is 2.60. The van der Waals surface area contributed by atoms with Crippen LogP contribution >= 0.6 is 0 Å². The maximum Gasteiger partial charge on any atom is 0.309 e. The van der Waals surface area contributed by atoms with Crippen molar-refractivity contribution in [2.24, 2.45) is 0 Å². The van der Waals surface area contributed by atoms with Gasteiger partial charge in [-0.1, -0.05) is 64.7 Å². The molecule has 119 valence electrons. The van der Waals surface area contributed by atoms with Crippen LogP contribution in [0.15, 0.2) is 0 Å². The Morgan fingerprint density at radius 1 is 0.900 bits per heavy atom. The molecule has 0 aliphatic carbocycles. The lowest BCUT2D eigenvalue weighted by molar-refractivity contribution is 0.123. The number of ether oxygens (including phenoxy) is 1. The van der Waals surface area contributed by atoms with Gasteiger partial charge in [0, 0.05) is 19.3 Å². The maximum atomic E-state index is 10.1. The van der Waals surface area contributed by atoms with Crippen LogP contribution in [0.5, 0.6) is 0 Å².